The van der Waals surface area contributed by atoms with Crippen LogP contribution in [0.3, 0.4) is 0 Å². The number of esters is 1. The first-order chi connectivity index (χ1) is 11.0. The van der Waals surface area contributed by atoms with E-state index in [1.165, 1.54) is 18.9 Å². The minimum Gasteiger partial charge on any atom is -0.435 e. The number of fused-ring (bicyclic) bond motifs is 1. The predicted molar refractivity (Wildman–Crippen MR) is 86.1 cm³/mol. The summed E-state index contributed by atoms with van der Waals surface area (Å²) >= 11 is 6.03. The summed E-state index contributed by atoms with van der Waals surface area (Å²) in [6.45, 7) is 4.00. The van der Waals surface area contributed by atoms with Crippen molar-refractivity contribution < 1.29 is 18.3 Å². The molecule has 2 heterocycles. The Labute approximate surface area is 139 Å². The van der Waals surface area contributed by atoms with Gasteiger partial charge >= 0.3 is 5.97 Å². The van der Waals surface area contributed by atoms with Crippen molar-refractivity contribution in [1.29, 1.82) is 0 Å². The minimum absolute atomic E-state index is 0.0236. The van der Waals surface area contributed by atoms with Crippen LogP contribution in [0.4, 0.5) is 8.78 Å². The zero-order chi connectivity index (χ0) is 17.0. The van der Waals surface area contributed by atoms with Gasteiger partial charge in [-0.15, -0.1) is 0 Å². The molecule has 3 rings (SSSR count). The van der Waals surface area contributed by atoms with E-state index in [9.17, 15) is 13.6 Å². The molecular formula is C16H21ClF2N2O2. The molecule has 0 amide bonds. The van der Waals surface area contributed by atoms with Crippen LogP contribution in [-0.4, -0.2) is 29.6 Å². The number of hydrogen-bond acceptors (Lipinski definition) is 4. The molecule has 2 unspecified atom stereocenters. The molecule has 0 spiro atoms. The lowest BCUT2D eigenvalue weighted by atomic mass is 9.90. The first-order valence-electron chi connectivity index (χ1n) is 8.05. The van der Waals surface area contributed by atoms with Crippen LogP contribution in [0.1, 0.15) is 46.0 Å². The summed E-state index contributed by atoms with van der Waals surface area (Å²) < 4.78 is 30.4. The normalized spacial score (nSPS) is 26.3. The molecule has 1 saturated carbocycles. The van der Waals surface area contributed by atoms with Gasteiger partial charge in [-0.05, 0) is 24.3 Å². The Hall–Kier alpha value is -1.30. The Morgan fingerprint density at radius 2 is 2.09 bits per heavy atom. The standard InChI is InChI=1S/C14H15ClF2N2O2.C2H6/c15-11-10-8(3-1-2-7-4-5-7)6-9(20)21-14(10)19-13(18-11)12(16)17;1-2/h6-7,10,12,14H,1-5H2;1-2H3. The van der Waals surface area contributed by atoms with Crippen molar-refractivity contribution >= 4 is 28.6 Å². The number of rotatable bonds is 5. The fourth-order valence-electron chi connectivity index (χ4n) is 2.69. The average molecular weight is 347 g/mol. The highest BCUT2D eigenvalue weighted by Gasteiger charge is 2.39. The van der Waals surface area contributed by atoms with Crippen molar-refractivity contribution in [2.24, 2.45) is 21.8 Å². The second-order valence-corrected chi connectivity index (χ2v) is 5.97. The molecule has 4 nitrogen and oxygen atoms in total. The van der Waals surface area contributed by atoms with E-state index in [2.05, 4.69) is 9.98 Å². The molecule has 0 aromatic rings. The van der Waals surface area contributed by atoms with Gasteiger partial charge in [-0.3, -0.25) is 0 Å². The zero-order valence-electron chi connectivity index (χ0n) is 13.3. The highest BCUT2D eigenvalue weighted by atomic mass is 35.5. The predicted octanol–water partition coefficient (Wildman–Crippen LogP) is 4.33. The van der Waals surface area contributed by atoms with E-state index in [0.29, 0.717) is 6.42 Å². The lowest BCUT2D eigenvalue weighted by Crippen LogP contribution is -2.39. The van der Waals surface area contributed by atoms with E-state index >= 15 is 0 Å². The van der Waals surface area contributed by atoms with Crippen molar-refractivity contribution in [2.75, 3.05) is 0 Å². The van der Waals surface area contributed by atoms with Gasteiger partial charge in [-0.1, -0.05) is 44.7 Å². The molecular weight excluding hydrogens is 326 g/mol. The van der Waals surface area contributed by atoms with Gasteiger partial charge in [0.1, 0.15) is 5.17 Å². The summed E-state index contributed by atoms with van der Waals surface area (Å²) in [5.74, 6) is -0.934. The van der Waals surface area contributed by atoms with Crippen LogP contribution in [0.15, 0.2) is 21.6 Å². The van der Waals surface area contributed by atoms with E-state index in [1.807, 2.05) is 13.8 Å². The summed E-state index contributed by atoms with van der Waals surface area (Å²) in [7, 11) is 0. The molecule has 2 aliphatic heterocycles. The van der Waals surface area contributed by atoms with E-state index in [1.54, 1.807) is 0 Å². The van der Waals surface area contributed by atoms with Crippen molar-refractivity contribution in [3.05, 3.63) is 11.6 Å². The smallest absolute Gasteiger partial charge is 0.332 e. The fourth-order valence-corrected chi connectivity index (χ4v) is 3.02. The van der Waals surface area contributed by atoms with Gasteiger partial charge in [0, 0.05) is 6.08 Å². The number of aliphatic imine (C=N–C) groups is 2. The second-order valence-electron chi connectivity index (χ2n) is 5.58. The van der Waals surface area contributed by atoms with Crippen molar-refractivity contribution in [2.45, 2.75) is 58.6 Å². The Kier molecular flexibility index (Phi) is 6.27. The van der Waals surface area contributed by atoms with Gasteiger partial charge in [-0.2, -0.15) is 0 Å². The Morgan fingerprint density at radius 3 is 2.70 bits per heavy atom. The third-order valence-corrected chi connectivity index (χ3v) is 4.25. The number of halogens is 3. The Morgan fingerprint density at radius 1 is 1.39 bits per heavy atom. The molecule has 0 saturated heterocycles. The van der Waals surface area contributed by atoms with Gasteiger partial charge in [-0.25, -0.2) is 23.6 Å². The second kappa shape index (κ2) is 7.99. The van der Waals surface area contributed by atoms with Gasteiger partial charge in [0.05, 0.1) is 5.92 Å². The molecule has 0 N–H and O–H groups in total. The molecule has 1 fully saturated rings. The van der Waals surface area contributed by atoms with Crippen LogP contribution in [-0.2, 0) is 9.53 Å². The maximum atomic E-state index is 12.7. The first kappa shape index (κ1) is 18.0. The van der Waals surface area contributed by atoms with E-state index < -0.39 is 30.4 Å². The van der Waals surface area contributed by atoms with Gasteiger partial charge in [0.25, 0.3) is 6.43 Å². The highest BCUT2D eigenvalue weighted by molar-refractivity contribution is 6.67. The summed E-state index contributed by atoms with van der Waals surface area (Å²) in [4.78, 5) is 19.0. The van der Waals surface area contributed by atoms with E-state index in [0.717, 1.165) is 24.3 Å². The minimum atomic E-state index is -2.83. The molecule has 1 aliphatic carbocycles. The molecule has 2 atom stereocenters. The van der Waals surface area contributed by atoms with Crippen LogP contribution in [0, 0.1) is 11.8 Å². The van der Waals surface area contributed by atoms with Gasteiger partial charge < -0.3 is 4.74 Å². The number of hydrogen-bond donors (Lipinski definition) is 0. The Balaban J connectivity index is 0.000000924. The van der Waals surface area contributed by atoms with E-state index in [-0.39, 0.29) is 5.17 Å². The molecule has 0 aromatic heterocycles. The van der Waals surface area contributed by atoms with Crippen LogP contribution in [0.2, 0.25) is 0 Å². The van der Waals surface area contributed by atoms with Crippen molar-refractivity contribution in [3.8, 4) is 0 Å². The number of alkyl halides is 2. The third-order valence-electron chi connectivity index (χ3n) is 3.93. The number of nitrogens with zero attached hydrogens (tertiary/aromatic N) is 2. The monoisotopic (exact) mass is 346 g/mol. The zero-order valence-corrected chi connectivity index (χ0v) is 14.0. The first-order valence-corrected chi connectivity index (χ1v) is 8.43. The SMILES string of the molecule is CC.O=C1C=C(CCCC2CC2)C2C(Cl)=NC(C(F)F)=NC2O1. The number of carbonyl (C=O) groups is 1. The molecule has 0 aromatic carbocycles. The lowest BCUT2D eigenvalue weighted by Gasteiger charge is -2.31. The molecule has 3 aliphatic rings. The molecule has 0 bridgehead atoms. The fraction of sp³-hybridized carbons (Fsp3) is 0.688. The van der Waals surface area contributed by atoms with Crippen LogP contribution in [0.25, 0.3) is 0 Å². The maximum absolute atomic E-state index is 12.7. The van der Waals surface area contributed by atoms with Gasteiger partial charge in [0.15, 0.2) is 5.84 Å². The molecule has 23 heavy (non-hydrogen) atoms. The quantitative estimate of drug-likeness (QED) is 0.695. The average Bonchev–Trinajstić information content (AvgIpc) is 3.32. The largest absolute Gasteiger partial charge is 0.435 e. The summed E-state index contributed by atoms with van der Waals surface area (Å²) in [6, 6.07) is 0. The van der Waals surface area contributed by atoms with Crippen LogP contribution >= 0.6 is 11.6 Å². The lowest BCUT2D eigenvalue weighted by molar-refractivity contribution is -0.145. The number of amidine groups is 1. The topological polar surface area (TPSA) is 51.0 Å². The Bertz CT molecular complexity index is 542. The highest BCUT2D eigenvalue weighted by Crippen LogP contribution is 2.37. The molecule has 128 valence electrons. The summed E-state index contributed by atoms with van der Waals surface area (Å²) in [6.07, 6.45) is 2.86. The number of ether oxygens (including phenoxy) is 1. The van der Waals surface area contributed by atoms with Crippen molar-refractivity contribution in [3.63, 3.8) is 0 Å². The van der Waals surface area contributed by atoms with E-state index in [4.69, 9.17) is 16.3 Å². The third kappa shape index (κ3) is 4.59. The van der Waals surface area contributed by atoms with Crippen molar-refractivity contribution in [1.82, 2.24) is 0 Å². The van der Waals surface area contributed by atoms with Crippen LogP contribution in [0.5, 0.6) is 0 Å². The summed E-state index contributed by atoms with van der Waals surface area (Å²) in [5.41, 5.74) is 0.780. The molecule has 7 heteroatoms. The molecule has 0 radical (unpaired) electrons. The van der Waals surface area contributed by atoms with Gasteiger partial charge in [0.2, 0.25) is 6.23 Å². The van der Waals surface area contributed by atoms with Crippen LogP contribution < -0.4 is 0 Å². The maximum Gasteiger partial charge on any atom is 0.332 e. The summed E-state index contributed by atoms with van der Waals surface area (Å²) in [5, 5.41) is 0.0236. The number of carbonyl (C=O) groups excluding carboxylic acids is 1.